The van der Waals surface area contributed by atoms with Crippen LogP contribution in [0.5, 0.6) is 0 Å². The average Bonchev–Trinajstić information content (AvgIpc) is 3.00. The first-order valence-electron chi connectivity index (χ1n) is 9.33. The van der Waals surface area contributed by atoms with E-state index in [1.165, 1.54) is 42.5 Å². The lowest BCUT2D eigenvalue weighted by Gasteiger charge is -2.16. The Balaban J connectivity index is 1.83. The second kappa shape index (κ2) is 7.83. The molecule has 0 aromatic heterocycles. The number of carbonyl (C=O) groups is 2. The van der Waals surface area contributed by atoms with E-state index in [-0.39, 0.29) is 22.6 Å². The van der Waals surface area contributed by atoms with Crippen LogP contribution in [0.3, 0.4) is 0 Å². The van der Waals surface area contributed by atoms with Gasteiger partial charge >= 0.3 is 0 Å². The normalized spacial score (nSPS) is 13.7. The second-order valence-corrected chi connectivity index (χ2v) is 6.94. The molecule has 0 atom stereocenters. The van der Waals surface area contributed by atoms with E-state index in [0.29, 0.717) is 11.3 Å². The van der Waals surface area contributed by atoms with Crippen LogP contribution < -0.4 is 10.2 Å². The quantitative estimate of drug-likeness (QED) is 0.376. The van der Waals surface area contributed by atoms with E-state index in [0.717, 1.165) is 16.5 Å². The number of rotatable bonds is 5. The van der Waals surface area contributed by atoms with Gasteiger partial charge in [0.25, 0.3) is 17.5 Å². The van der Waals surface area contributed by atoms with Crippen molar-refractivity contribution in [3.05, 3.63) is 106 Å². The number of aryl methyl sites for hydroxylation is 1. The summed E-state index contributed by atoms with van der Waals surface area (Å²) in [5.41, 5.74) is 1.53. The molecule has 8 heteroatoms. The van der Waals surface area contributed by atoms with Crippen molar-refractivity contribution in [1.82, 2.24) is 0 Å². The summed E-state index contributed by atoms with van der Waals surface area (Å²) in [6, 6.07) is 17.9. The molecule has 0 spiro atoms. The summed E-state index contributed by atoms with van der Waals surface area (Å²) in [5, 5.41) is 13.9. The number of para-hydroxylation sites is 1. The van der Waals surface area contributed by atoms with Crippen LogP contribution in [0.4, 0.5) is 21.5 Å². The summed E-state index contributed by atoms with van der Waals surface area (Å²) in [4.78, 5) is 37.6. The summed E-state index contributed by atoms with van der Waals surface area (Å²) in [6.45, 7) is 1.91. The van der Waals surface area contributed by atoms with Crippen molar-refractivity contribution >= 4 is 34.4 Å². The summed E-state index contributed by atoms with van der Waals surface area (Å²) in [7, 11) is 0. The maximum atomic E-state index is 14.4. The summed E-state index contributed by atoms with van der Waals surface area (Å²) >= 11 is 0. The molecule has 0 radical (unpaired) electrons. The monoisotopic (exact) mass is 417 g/mol. The number of nitrogens with one attached hydrogen (secondary N) is 1. The van der Waals surface area contributed by atoms with Crippen molar-refractivity contribution in [1.29, 1.82) is 0 Å². The molecule has 0 unspecified atom stereocenters. The lowest BCUT2D eigenvalue weighted by Crippen LogP contribution is -2.33. The lowest BCUT2D eigenvalue weighted by molar-refractivity contribution is -0.384. The Bertz CT molecular complexity index is 1230. The van der Waals surface area contributed by atoms with Crippen molar-refractivity contribution in [2.45, 2.75) is 6.92 Å². The van der Waals surface area contributed by atoms with Crippen LogP contribution in [0.25, 0.3) is 5.57 Å². The van der Waals surface area contributed by atoms with Crippen LogP contribution >= 0.6 is 0 Å². The topological polar surface area (TPSA) is 92.6 Å². The molecular formula is C23H16FN3O4. The molecule has 1 aliphatic heterocycles. The molecule has 1 N–H and O–H groups in total. The molecule has 1 heterocycles. The number of hydrogen-bond donors (Lipinski definition) is 1. The Kier molecular flexibility index (Phi) is 5.04. The van der Waals surface area contributed by atoms with Crippen molar-refractivity contribution in [2.75, 3.05) is 10.2 Å². The van der Waals surface area contributed by atoms with E-state index in [4.69, 9.17) is 0 Å². The number of halogens is 1. The SMILES string of the molecule is Cc1ccc(NC2=C(c3ccc([N+](=O)[O-])cc3)C(=O)N(c3ccccc3F)C2=O)cc1. The highest BCUT2D eigenvalue weighted by Crippen LogP contribution is 2.35. The molecule has 4 rings (SSSR count). The van der Waals surface area contributed by atoms with Crippen molar-refractivity contribution in [3.63, 3.8) is 0 Å². The summed E-state index contributed by atoms with van der Waals surface area (Å²) in [5.74, 6) is -2.16. The van der Waals surface area contributed by atoms with Gasteiger partial charge in [0.05, 0.1) is 16.2 Å². The molecular weight excluding hydrogens is 401 g/mol. The first kappa shape index (κ1) is 20.0. The number of hydrogen-bond acceptors (Lipinski definition) is 5. The smallest absolute Gasteiger partial charge is 0.282 e. The number of imide groups is 1. The highest BCUT2D eigenvalue weighted by molar-refractivity contribution is 6.46. The van der Waals surface area contributed by atoms with E-state index in [2.05, 4.69) is 5.32 Å². The van der Waals surface area contributed by atoms with Crippen molar-refractivity contribution < 1.29 is 18.9 Å². The van der Waals surface area contributed by atoms with Gasteiger partial charge in [-0.25, -0.2) is 9.29 Å². The first-order chi connectivity index (χ1) is 14.9. The number of carbonyl (C=O) groups excluding carboxylic acids is 2. The van der Waals surface area contributed by atoms with Gasteiger partial charge in [-0.1, -0.05) is 29.8 Å². The minimum absolute atomic E-state index is 0.00345. The van der Waals surface area contributed by atoms with Crippen LogP contribution in [0.15, 0.2) is 78.5 Å². The third kappa shape index (κ3) is 3.66. The maximum absolute atomic E-state index is 14.4. The van der Waals surface area contributed by atoms with Crippen molar-refractivity contribution in [2.24, 2.45) is 0 Å². The zero-order chi connectivity index (χ0) is 22.1. The van der Waals surface area contributed by atoms with E-state index < -0.39 is 22.6 Å². The fourth-order valence-electron chi connectivity index (χ4n) is 3.30. The van der Waals surface area contributed by atoms with Gasteiger partial charge in [-0.2, -0.15) is 0 Å². The molecule has 3 aromatic carbocycles. The fourth-order valence-corrected chi connectivity index (χ4v) is 3.30. The Hall–Kier alpha value is -4.33. The average molecular weight is 417 g/mol. The zero-order valence-corrected chi connectivity index (χ0v) is 16.3. The number of nitro benzene ring substituents is 1. The van der Waals surface area contributed by atoms with Crippen LogP contribution in [-0.4, -0.2) is 16.7 Å². The fraction of sp³-hybridized carbons (Fsp3) is 0.0435. The molecule has 7 nitrogen and oxygen atoms in total. The Labute approximate surface area is 176 Å². The highest BCUT2D eigenvalue weighted by atomic mass is 19.1. The number of amides is 2. The maximum Gasteiger partial charge on any atom is 0.282 e. The Morgan fingerprint density at radius 3 is 2.16 bits per heavy atom. The van der Waals surface area contributed by atoms with Gasteiger partial charge in [0.15, 0.2) is 0 Å². The van der Waals surface area contributed by atoms with E-state index >= 15 is 0 Å². The molecule has 31 heavy (non-hydrogen) atoms. The van der Waals surface area contributed by atoms with Crippen molar-refractivity contribution in [3.8, 4) is 0 Å². The molecule has 0 saturated heterocycles. The predicted molar refractivity (Wildman–Crippen MR) is 114 cm³/mol. The van der Waals surface area contributed by atoms with Gasteiger partial charge in [-0.15, -0.1) is 0 Å². The van der Waals surface area contributed by atoms with E-state index in [1.807, 2.05) is 19.1 Å². The number of anilines is 2. The predicted octanol–water partition coefficient (Wildman–Crippen LogP) is 4.44. The molecule has 154 valence electrons. The minimum atomic E-state index is -0.724. The van der Waals surface area contributed by atoms with Gasteiger partial charge in [0.2, 0.25) is 0 Å². The van der Waals surface area contributed by atoms with Gasteiger partial charge in [-0.3, -0.25) is 19.7 Å². The zero-order valence-electron chi connectivity index (χ0n) is 16.3. The molecule has 0 fully saturated rings. The van der Waals surface area contributed by atoms with E-state index in [1.54, 1.807) is 12.1 Å². The number of nitrogens with zero attached hydrogens (tertiary/aromatic N) is 2. The van der Waals surface area contributed by atoms with Crippen LogP contribution in [0.2, 0.25) is 0 Å². The number of non-ortho nitro benzene ring substituents is 1. The summed E-state index contributed by atoms with van der Waals surface area (Å²) < 4.78 is 14.4. The third-order valence-electron chi connectivity index (χ3n) is 4.86. The van der Waals surface area contributed by atoms with Gasteiger partial charge in [0.1, 0.15) is 11.5 Å². The van der Waals surface area contributed by atoms with Gasteiger partial charge in [-0.05, 0) is 48.9 Å². The standard InChI is InChI=1S/C23H16FN3O4/c1-14-6-10-16(11-7-14)25-21-20(15-8-12-17(13-9-15)27(30)31)22(28)26(23(21)29)19-5-3-2-4-18(19)24/h2-13,25H,1H3. The highest BCUT2D eigenvalue weighted by Gasteiger charge is 2.41. The Morgan fingerprint density at radius 1 is 0.903 bits per heavy atom. The van der Waals surface area contributed by atoms with E-state index in [9.17, 15) is 24.1 Å². The minimum Gasteiger partial charge on any atom is -0.350 e. The molecule has 0 saturated carbocycles. The number of benzene rings is 3. The molecule has 0 aliphatic carbocycles. The Morgan fingerprint density at radius 2 is 1.55 bits per heavy atom. The molecule has 2 amide bonds. The largest absolute Gasteiger partial charge is 0.350 e. The van der Waals surface area contributed by atoms with Crippen LogP contribution in [0.1, 0.15) is 11.1 Å². The van der Waals surface area contributed by atoms with Crippen LogP contribution in [-0.2, 0) is 9.59 Å². The lowest BCUT2D eigenvalue weighted by atomic mass is 10.0. The van der Waals surface area contributed by atoms with Gasteiger partial charge in [0, 0.05) is 17.8 Å². The second-order valence-electron chi connectivity index (χ2n) is 6.94. The van der Waals surface area contributed by atoms with Crippen LogP contribution in [0, 0.1) is 22.9 Å². The molecule has 1 aliphatic rings. The molecule has 0 bridgehead atoms. The number of nitro groups is 1. The first-order valence-corrected chi connectivity index (χ1v) is 9.33. The molecule has 3 aromatic rings. The third-order valence-corrected chi connectivity index (χ3v) is 4.86. The van der Waals surface area contributed by atoms with Gasteiger partial charge < -0.3 is 5.32 Å². The summed E-state index contributed by atoms with van der Waals surface area (Å²) in [6.07, 6.45) is 0.